The Morgan fingerprint density at radius 3 is 2.94 bits per heavy atom. The Kier molecular flexibility index (Phi) is 4.14. The van der Waals surface area contributed by atoms with Crippen LogP contribution in [0.5, 0.6) is 5.75 Å². The standard InChI is InChI=1S/C12H12ClNO3S/c1-17-10-3-2-7(13)6-8(10)11(15)14-9-4-5-18-12(9)16/h2-3,6,9H,4-5H2,1H3,(H,14,15). The molecule has 1 aromatic rings. The van der Waals surface area contributed by atoms with Gasteiger partial charge < -0.3 is 10.1 Å². The number of carbonyl (C=O) groups excluding carboxylic acids is 2. The molecule has 0 aromatic heterocycles. The van der Waals surface area contributed by atoms with Crippen LogP contribution in [-0.4, -0.2) is 29.9 Å². The Morgan fingerprint density at radius 1 is 1.56 bits per heavy atom. The van der Waals surface area contributed by atoms with Crippen molar-refractivity contribution >= 4 is 34.4 Å². The first-order chi connectivity index (χ1) is 8.61. The maximum Gasteiger partial charge on any atom is 0.255 e. The number of nitrogens with one attached hydrogen (secondary N) is 1. The van der Waals surface area contributed by atoms with Gasteiger partial charge in [-0.3, -0.25) is 9.59 Å². The van der Waals surface area contributed by atoms with E-state index >= 15 is 0 Å². The van der Waals surface area contributed by atoms with Gasteiger partial charge >= 0.3 is 0 Å². The third kappa shape index (κ3) is 2.79. The summed E-state index contributed by atoms with van der Waals surface area (Å²) in [6.07, 6.45) is 0.665. The van der Waals surface area contributed by atoms with Crippen molar-refractivity contribution in [2.45, 2.75) is 12.5 Å². The van der Waals surface area contributed by atoms with Crippen LogP contribution < -0.4 is 10.1 Å². The maximum atomic E-state index is 12.1. The van der Waals surface area contributed by atoms with Gasteiger partial charge in [0.25, 0.3) is 5.91 Å². The van der Waals surface area contributed by atoms with E-state index < -0.39 is 6.04 Å². The van der Waals surface area contributed by atoms with E-state index in [9.17, 15) is 9.59 Å². The van der Waals surface area contributed by atoms with Crippen molar-refractivity contribution in [2.24, 2.45) is 0 Å². The number of hydrogen-bond donors (Lipinski definition) is 1. The largest absolute Gasteiger partial charge is 0.496 e. The van der Waals surface area contributed by atoms with Crippen molar-refractivity contribution in [1.29, 1.82) is 0 Å². The van der Waals surface area contributed by atoms with Crippen LogP contribution in [0.15, 0.2) is 18.2 Å². The van der Waals surface area contributed by atoms with Crippen molar-refractivity contribution in [3.8, 4) is 5.75 Å². The zero-order valence-corrected chi connectivity index (χ0v) is 11.3. The first-order valence-electron chi connectivity index (χ1n) is 5.43. The normalized spacial score (nSPS) is 18.8. The molecule has 1 fully saturated rings. The van der Waals surface area contributed by atoms with Crippen molar-refractivity contribution in [3.05, 3.63) is 28.8 Å². The summed E-state index contributed by atoms with van der Waals surface area (Å²) >= 11 is 7.10. The second-order valence-corrected chi connectivity index (χ2v) is 5.36. The smallest absolute Gasteiger partial charge is 0.255 e. The van der Waals surface area contributed by atoms with E-state index in [4.69, 9.17) is 16.3 Å². The summed E-state index contributed by atoms with van der Waals surface area (Å²) in [6, 6.07) is 4.39. The summed E-state index contributed by atoms with van der Waals surface area (Å²) < 4.78 is 5.10. The Hall–Kier alpha value is -1.20. The van der Waals surface area contributed by atoms with E-state index in [1.54, 1.807) is 12.1 Å². The van der Waals surface area contributed by atoms with E-state index in [2.05, 4.69) is 5.32 Å². The molecule has 0 aliphatic carbocycles. The van der Waals surface area contributed by atoms with Gasteiger partial charge in [0, 0.05) is 10.8 Å². The number of methoxy groups -OCH3 is 1. The Morgan fingerprint density at radius 2 is 2.33 bits per heavy atom. The van der Waals surface area contributed by atoms with E-state index in [1.165, 1.54) is 24.9 Å². The second-order valence-electron chi connectivity index (χ2n) is 3.83. The molecule has 1 aliphatic heterocycles. The molecule has 1 aromatic carbocycles. The van der Waals surface area contributed by atoms with Crippen LogP contribution in [0.4, 0.5) is 0 Å². The number of benzene rings is 1. The number of amides is 1. The minimum atomic E-state index is -0.411. The fourth-order valence-electron chi connectivity index (χ4n) is 1.72. The number of halogens is 1. The molecule has 6 heteroatoms. The summed E-state index contributed by atoms with van der Waals surface area (Å²) in [5.74, 6) is 0.849. The van der Waals surface area contributed by atoms with Crippen LogP contribution in [0.3, 0.4) is 0 Å². The third-order valence-corrected chi connectivity index (χ3v) is 3.89. The van der Waals surface area contributed by atoms with E-state index in [0.29, 0.717) is 22.8 Å². The minimum Gasteiger partial charge on any atom is -0.496 e. The lowest BCUT2D eigenvalue weighted by Gasteiger charge is -2.12. The molecule has 0 bridgehead atoms. The monoisotopic (exact) mass is 285 g/mol. The van der Waals surface area contributed by atoms with Gasteiger partial charge in [-0.1, -0.05) is 23.4 Å². The Balaban J connectivity index is 2.17. The van der Waals surface area contributed by atoms with Crippen molar-refractivity contribution in [2.75, 3.05) is 12.9 Å². The van der Waals surface area contributed by atoms with Gasteiger partial charge in [-0.15, -0.1) is 0 Å². The fourth-order valence-corrected chi connectivity index (χ4v) is 2.83. The second kappa shape index (κ2) is 5.63. The predicted molar refractivity (Wildman–Crippen MR) is 71.3 cm³/mol. The molecule has 1 heterocycles. The van der Waals surface area contributed by atoms with E-state index in [-0.39, 0.29) is 11.0 Å². The molecule has 0 saturated carbocycles. The van der Waals surface area contributed by atoms with Gasteiger partial charge in [0.1, 0.15) is 5.75 Å². The summed E-state index contributed by atoms with van der Waals surface area (Å²) in [4.78, 5) is 23.5. The van der Waals surface area contributed by atoms with Crippen LogP contribution >= 0.6 is 23.4 Å². The molecule has 2 rings (SSSR count). The molecule has 0 spiro atoms. The van der Waals surface area contributed by atoms with Crippen LogP contribution in [0.2, 0.25) is 5.02 Å². The molecule has 1 amide bonds. The van der Waals surface area contributed by atoms with Crippen molar-refractivity contribution in [1.82, 2.24) is 5.32 Å². The number of rotatable bonds is 3. The lowest BCUT2D eigenvalue weighted by molar-refractivity contribution is -0.112. The summed E-state index contributed by atoms with van der Waals surface area (Å²) in [5, 5.41) is 3.15. The van der Waals surface area contributed by atoms with Crippen LogP contribution in [0, 0.1) is 0 Å². The minimum absolute atomic E-state index is 0.00402. The Bertz CT molecular complexity index is 492. The molecule has 4 nitrogen and oxygen atoms in total. The molecule has 1 unspecified atom stereocenters. The average Bonchev–Trinajstić information content (AvgIpc) is 2.75. The molecule has 96 valence electrons. The van der Waals surface area contributed by atoms with Gasteiger partial charge in [-0.25, -0.2) is 0 Å². The molecule has 18 heavy (non-hydrogen) atoms. The molecule has 1 saturated heterocycles. The van der Waals surface area contributed by atoms with E-state index in [1.807, 2.05) is 0 Å². The van der Waals surface area contributed by atoms with Gasteiger partial charge in [0.05, 0.1) is 18.7 Å². The number of thioether (sulfide) groups is 1. The van der Waals surface area contributed by atoms with Gasteiger partial charge in [0.15, 0.2) is 0 Å². The topological polar surface area (TPSA) is 55.4 Å². The lowest BCUT2D eigenvalue weighted by atomic mass is 10.1. The highest BCUT2D eigenvalue weighted by atomic mass is 35.5. The molecular formula is C12H12ClNO3S. The van der Waals surface area contributed by atoms with Crippen molar-refractivity contribution in [3.63, 3.8) is 0 Å². The number of hydrogen-bond acceptors (Lipinski definition) is 4. The number of carbonyl (C=O) groups is 2. The van der Waals surface area contributed by atoms with Crippen LogP contribution in [0.25, 0.3) is 0 Å². The average molecular weight is 286 g/mol. The maximum absolute atomic E-state index is 12.1. The van der Waals surface area contributed by atoms with Gasteiger partial charge in [-0.2, -0.15) is 0 Å². The van der Waals surface area contributed by atoms with Crippen molar-refractivity contribution < 1.29 is 14.3 Å². The van der Waals surface area contributed by atoms with Gasteiger partial charge in [0.2, 0.25) is 5.12 Å². The van der Waals surface area contributed by atoms with E-state index in [0.717, 1.165) is 5.75 Å². The molecular weight excluding hydrogens is 274 g/mol. The third-order valence-electron chi connectivity index (χ3n) is 2.65. The molecule has 0 radical (unpaired) electrons. The van der Waals surface area contributed by atoms with Crippen LogP contribution in [-0.2, 0) is 4.79 Å². The first kappa shape index (κ1) is 13.2. The Labute approximate surface area is 114 Å². The van der Waals surface area contributed by atoms with Crippen LogP contribution in [0.1, 0.15) is 16.8 Å². The highest BCUT2D eigenvalue weighted by Crippen LogP contribution is 2.24. The molecule has 1 atom stereocenters. The zero-order chi connectivity index (χ0) is 13.1. The molecule has 1 N–H and O–H groups in total. The zero-order valence-electron chi connectivity index (χ0n) is 9.73. The summed E-state index contributed by atoms with van der Waals surface area (Å²) in [5.41, 5.74) is 0.342. The fraction of sp³-hybridized carbons (Fsp3) is 0.333. The lowest BCUT2D eigenvalue weighted by Crippen LogP contribution is -2.37. The predicted octanol–water partition coefficient (Wildman–Crippen LogP) is 2.11. The summed E-state index contributed by atoms with van der Waals surface area (Å²) in [7, 11) is 1.48. The SMILES string of the molecule is COc1ccc(Cl)cc1C(=O)NC1CCSC1=O. The number of ether oxygens (including phenoxy) is 1. The van der Waals surface area contributed by atoms with Gasteiger partial charge in [-0.05, 0) is 24.6 Å². The highest BCUT2D eigenvalue weighted by molar-refractivity contribution is 8.14. The molecule has 1 aliphatic rings. The first-order valence-corrected chi connectivity index (χ1v) is 6.79. The summed E-state index contributed by atoms with van der Waals surface area (Å²) in [6.45, 7) is 0. The highest BCUT2D eigenvalue weighted by Gasteiger charge is 2.27. The quantitative estimate of drug-likeness (QED) is 0.924.